The highest BCUT2D eigenvalue weighted by Crippen LogP contribution is 2.26. The van der Waals surface area contributed by atoms with Gasteiger partial charge < -0.3 is 24.8 Å². The summed E-state index contributed by atoms with van der Waals surface area (Å²) < 4.78 is 10.5. The summed E-state index contributed by atoms with van der Waals surface area (Å²) in [5.74, 6) is 1.57. The van der Waals surface area contributed by atoms with Crippen LogP contribution in [-0.4, -0.2) is 75.3 Å². The molecule has 2 rings (SSSR count). The number of nitrogens with zero attached hydrogens (tertiary/aromatic N) is 1. The van der Waals surface area contributed by atoms with Crippen LogP contribution in [0.25, 0.3) is 0 Å². The van der Waals surface area contributed by atoms with Crippen molar-refractivity contribution in [3.05, 3.63) is 0 Å². The van der Waals surface area contributed by atoms with Crippen LogP contribution in [0.15, 0.2) is 0 Å². The first-order valence-electron chi connectivity index (χ1n) is 6.90. The van der Waals surface area contributed by atoms with E-state index >= 15 is 0 Å². The van der Waals surface area contributed by atoms with E-state index in [9.17, 15) is 5.11 Å². The minimum absolute atomic E-state index is 0.0480. The quantitative estimate of drug-likeness (QED) is 0.648. The number of aliphatic hydroxyl groups excluding tert-OH is 1. The fraction of sp³-hybridized carbons (Fsp3) is 1.00. The predicted octanol–water partition coefficient (Wildman–Crippen LogP) is -0.450. The van der Waals surface area contributed by atoms with E-state index in [4.69, 9.17) is 9.47 Å². The Morgan fingerprint density at radius 1 is 1.28 bits per heavy atom. The van der Waals surface area contributed by atoms with E-state index in [2.05, 4.69) is 10.2 Å². The summed E-state index contributed by atoms with van der Waals surface area (Å²) in [7, 11) is 1.66. The lowest BCUT2D eigenvalue weighted by Crippen LogP contribution is -2.36. The van der Waals surface area contributed by atoms with Crippen molar-refractivity contribution < 1.29 is 14.6 Å². The third-order valence-electron chi connectivity index (χ3n) is 3.91. The highest BCUT2D eigenvalue weighted by atomic mass is 16.5. The maximum atomic E-state index is 9.97. The molecule has 5 heteroatoms. The number of rotatable bonds is 7. The zero-order valence-corrected chi connectivity index (χ0v) is 11.5. The molecule has 2 aliphatic heterocycles. The van der Waals surface area contributed by atoms with Crippen LogP contribution in [0.5, 0.6) is 0 Å². The van der Waals surface area contributed by atoms with E-state index in [1.165, 1.54) is 0 Å². The van der Waals surface area contributed by atoms with Crippen LogP contribution in [0.1, 0.15) is 6.92 Å². The molecular weight excluding hydrogens is 232 g/mol. The topological polar surface area (TPSA) is 54.0 Å². The van der Waals surface area contributed by atoms with Gasteiger partial charge in [-0.2, -0.15) is 0 Å². The second-order valence-electron chi connectivity index (χ2n) is 5.65. The Balaban J connectivity index is 1.61. The molecule has 0 aliphatic carbocycles. The van der Waals surface area contributed by atoms with E-state index in [0.29, 0.717) is 13.2 Å². The SMILES string of the molecule is COCC(C)OCC(O)CN1C[C@H]2CNC[C@H]2C1. The van der Waals surface area contributed by atoms with Gasteiger partial charge in [-0.1, -0.05) is 0 Å². The largest absolute Gasteiger partial charge is 0.389 e. The third-order valence-corrected chi connectivity index (χ3v) is 3.91. The lowest BCUT2D eigenvalue weighted by Gasteiger charge is -2.22. The van der Waals surface area contributed by atoms with Crippen LogP contribution < -0.4 is 5.32 Å². The smallest absolute Gasteiger partial charge is 0.0900 e. The predicted molar refractivity (Wildman–Crippen MR) is 69.6 cm³/mol. The highest BCUT2D eigenvalue weighted by molar-refractivity contribution is 4.91. The number of ether oxygens (including phenoxy) is 2. The van der Waals surface area contributed by atoms with E-state index in [0.717, 1.165) is 44.6 Å². The Labute approximate surface area is 109 Å². The maximum absolute atomic E-state index is 9.97. The molecule has 2 heterocycles. The van der Waals surface area contributed by atoms with Crippen molar-refractivity contribution in [1.82, 2.24) is 10.2 Å². The van der Waals surface area contributed by atoms with Crippen LogP contribution >= 0.6 is 0 Å². The first kappa shape index (κ1) is 14.2. The van der Waals surface area contributed by atoms with E-state index in [-0.39, 0.29) is 6.10 Å². The molecule has 0 aromatic heterocycles. The molecule has 106 valence electrons. The maximum Gasteiger partial charge on any atom is 0.0900 e. The summed E-state index contributed by atoms with van der Waals surface area (Å²) in [6, 6.07) is 0. The van der Waals surface area contributed by atoms with E-state index < -0.39 is 6.10 Å². The third kappa shape index (κ3) is 3.90. The summed E-state index contributed by atoms with van der Waals surface area (Å²) in [4.78, 5) is 2.37. The molecule has 4 atom stereocenters. The highest BCUT2D eigenvalue weighted by Gasteiger charge is 2.36. The number of likely N-dealkylation sites (tertiary alicyclic amines) is 1. The lowest BCUT2D eigenvalue weighted by atomic mass is 10.0. The van der Waals surface area contributed by atoms with Crippen LogP contribution in [0.2, 0.25) is 0 Å². The van der Waals surface area contributed by atoms with Crippen LogP contribution in [-0.2, 0) is 9.47 Å². The summed E-state index contributed by atoms with van der Waals surface area (Å²) in [5.41, 5.74) is 0. The Morgan fingerprint density at radius 2 is 1.94 bits per heavy atom. The molecule has 2 aliphatic rings. The Kier molecular flexibility index (Phi) is 5.38. The van der Waals surface area contributed by atoms with E-state index in [1.54, 1.807) is 7.11 Å². The lowest BCUT2D eigenvalue weighted by molar-refractivity contribution is -0.0386. The fourth-order valence-electron chi connectivity index (χ4n) is 3.01. The molecule has 2 saturated heterocycles. The zero-order chi connectivity index (χ0) is 13.0. The minimum Gasteiger partial charge on any atom is -0.389 e. The van der Waals surface area contributed by atoms with E-state index in [1.807, 2.05) is 6.92 Å². The van der Waals surface area contributed by atoms with Crippen LogP contribution in [0, 0.1) is 11.8 Å². The number of hydrogen-bond donors (Lipinski definition) is 2. The minimum atomic E-state index is -0.393. The summed E-state index contributed by atoms with van der Waals surface area (Å²) in [6.07, 6.45) is -0.345. The Bertz CT molecular complexity index is 240. The van der Waals surface area contributed by atoms with Crippen molar-refractivity contribution in [3.63, 3.8) is 0 Å². The normalized spacial score (nSPS) is 31.5. The van der Waals surface area contributed by atoms with Crippen molar-refractivity contribution in [1.29, 1.82) is 0 Å². The molecule has 2 unspecified atom stereocenters. The van der Waals surface area contributed by atoms with Gasteiger partial charge in [0.15, 0.2) is 0 Å². The van der Waals surface area contributed by atoms with Gasteiger partial charge in [0.25, 0.3) is 0 Å². The van der Waals surface area contributed by atoms with Crippen LogP contribution in [0.4, 0.5) is 0 Å². The first-order chi connectivity index (χ1) is 8.69. The summed E-state index contributed by atoms with van der Waals surface area (Å²) >= 11 is 0. The van der Waals surface area contributed by atoms with Gasteiger partial charge in [0.1, 0.15) is 0 Å². The number of hydrogen-bond acceptors (Lipinski definition) is 5. The molecule has 0 saturated carbocycles. The number of nitrogens with one attached hydrogen (secondary N) is 1. The fourth-order valence-corrected chi connectivity index (χ4v) is 3.01. The van der Waals surface area contributed by atoms with Crippen molar-refractivity contribution in [3.8, 4) is 0 Å². The van der Waals surface area contributed by atoms with Gasteiger partial charge in [0.05, 0.1) is 25.4 Å². The van der Waals surface area contributed by atoms with Gasteiger partial charge >= 0.3 is 0 Å². The number of methoxy groups -OCH3 is 1. The van der Waals surface area contributed by atoms with Crippen molar-refractivity contribution in [2.24, 2.45) is 11.8 Å². The summed E-state index contributed by atoms with van der Waals surface area (Å²) in [5, 5.41) is 13.4. The summed E-state index contributed by atoms with van der Waals surface area (Å²) in [6.45, 7) is 8.16. The van der Waals surface area contributed by atoms with Gasteiger partial charge in [0, 0.05) is 26.7 Å². The standard InChI is InChI=1S/C13H26N2O3/c1-10(8-17-2)18-9-13(16)7-15-5-11-3-14-4-12(11)6-15/h10-14,16H,3-9H2,1-2H3/t10?,11-,12+,13?. The molecule has 0 aromatic rings. The number of β-amino-alcohol motifs (C(OH)–C–C–N with tert-alkyl or cyclic N) is 1. The first-order valence-corrected chi connectivity index (χ1v) is 6.90. The van der Waals surface area contributed by atoms with Crippen molar-refractivity contribution in [2.75, 3.05) is 53.0 Å². The molecular formula is C13H26N2O3. The van der Waals surface area contributed by atoms with Gasteiger partial charge in [0.2, 0.25) is 0 Å². The van der Waals surface area contributed by atoms with Gasteiger partial charge in [-0.25, -0.2) is 0 Å². The molecule has 0 radical (unpaired) electrons. The molecule has 0 amide bonds. The van der Waals surface area contributed by atoms with Gasteiger partial charge in [-0.05, 0) is 31.8 Å². The Morgan fingerprint density at radius 3 is 2.56 bits per heavy atom. The van der Waals surface area contributed by atoms with Crippen molar-refractivity contribution in [2.45, 2.75) is 19.1 Å². The molecule has 5 nitrogen and oxygen atoms in total. The van der Waals surface area contributed by atoms with Gasteiger partial charge in [-0.3, -0.25) is 0 Å². The second kappa shape index (κ2) is 6.82. The average Bonchev–Trinajstić information content (AvgIpc) is 2.87. The zero-order valence-electron chi connectivity index (χ0n) is 11.5. The molecule has 0 bridgehead atoms. The van der Waals surface area contributed by atoms with Gasteiger partial charge in [-0.15, -0.1) is 0 Å². The second-order valence-corrected chi connectivity index (χ2v) is 5.65. The number of fused-ring (bicyclic) bond motifs is 1. The number of aliphatic hydroxyl groups is 1. The average molecular weight is 258 g/mol. The van der Waals surface area contributed by atoms with Crippen LogP contribution in [0.3, 0.4) is 0 Å². The molecule has 0 aromatic carbocycles. The Hall–Kier alpha value is -0.200. The molecule has 0 spiro atoms. The van der Waals surface area contributed by atoms with Crippen molar-refractivity contribution >= 4 is 0 Å². The monoisotopic (exact) mass is 258 g/mol. The molecule has 2 N–H and O–H groups in total. The molecule has 18 heavy (non-hydrogen) atoms. The molecule has 2 fully saturated rings.